The number of carboxylic acid groups (broad SMARTS) is 1. The number of carboxylic acids is 1. The van der Waals surface area contributed by atoms with Gasteiger partial charge in [0.05, 0.1) is 5.25 Å². The van der Waals surface area contributed by atoms with Crippen LogP contribution in [0.1, 0.15) is 59.3 Å². The summed E-state index contributed by atoms with van der Waals surface area (Å²) in [6.07, 6.45) is 6.86. The first kappa shape index (κ1) is 21.5. The largest absolute Gasteiger partial charge is 0.480 e. The molecule has 2 fully saturated rings. The average Bonchev–Trinajstić information content (AvgIpc) is 3.01. The Hall–Kier alpha value is -0.790. The number of piperidine rings is 1. The lowest BCUT2D eigenvalue weighted by atomic mass is 9.71. The van der Waals surface area contributed by atoms with Crippen molar-refractivity contribution in [2.45, 2.75) is 81.4 Å². The number of nitrogens with two attached hydrogens (primary N) is 1. The first-order chi connectivity index (χ1) is 12.3. The zero-order valence-electron chi connectivity index (χ0n) is 16.3. The minimum Gasteiger partial charge on any atom is -0.480 e. The van der Waals surface area contributed by atoms with Crippen LogP contribution in [0.4, 0.5) is 0 Å². The van der Waals surface area contributed by atoms with Gasteiger partial charge in [0.1, 0.15) is 6.04 Å². The molecular formula is C19H35N3O3S. The van der Waals surface area contributed by atoms with Crippen molar-refractivity contribution in [2.75, 3.05) is 13.1 Å². The van der Waals surface area contributed by atoms with Gasteiger partial charge in [-0.1, -0.05) is 40.0 Å². The molecule has 6 nitrogen and oxygen atoms in total. The molecule has 0 bridgehead atoms. The van der Waals surface area contributed by atoms with Gasteiger partial charge < -0.3 is 21.5 Å². The van der Waals surface area contributed by atoms with Gasteiger partial charge in [-0.25, -0.2) is 0 Å². The number of carbonyl (C=O) groups excluding carboxylic acids is 1. The summed E-state index contributed by atoms with van der Waals surface area (Å²) in [6, 6.07) is -0.705. The van der Waals surface area contributed by atoms with Crippen LogP contribution in [0.25, 0.3) is 0 Å². The number of nitrogens with one attached hydrogen (secondary N) is 2. The van der Waals surface area contributed by atoms with E-state index in [0.29, 0.717) is 17.9 Å². The maximum atomic E-state index is 12.6. The predicted molar refractivity (Wildman–Crippen MR) is 106 cm³/mol. The van der Waals surface area contributed by atoms with E-state index in [1.54, 1.807) is 0 Å². The van der Waals surface area contributed by atoms with Gasteiger partial charge in [-0.05, 0) is 37.6 Å². The molecule has 5 N–H and O–H groups in total. The van der Waals surface area contributed by atoms with Crippen LogP contribution in [-0.4, -0.2) is 52.2 Å². The molecule has 7 heteroatoms. The lowest BCUT2D eigenvalue weighted by molar-refractivity contribution is -0.138. The summed E-state index contributed by atoms with van der Waals surface area (Å²) in [5.41, 5.74) is 5.51. The first-order valence-electron chi connectivity index (χ1n) is 10.00. The van der Waals surface area contributed by atoms with Crippen molar-refractivity contribution in [1.82, 2.24) is 10.6 Å². The van der Waals surface area contributed by atoms with Crippen LogP contribution in [0.2, 0.25) is 0 Å². The van der Waals surface area contributed by atoms with Crippen molar-refractivity contribution in [3.8, 4) is 0 Å². The van der Waals surface area contributed by atoms with Gasteiger partial charge in [0.25, 0.3) is 0 Å². The molecule has 0 aromatic heterocycles. The Morgan fingerprint density at radius 1 is 1.42 bits per heavy atom. The monoisotopic (exact) mass is 385 g/mol. The van der Waals surface area contributed by atoms with E-state index in [-0.39, 0.29) is 22.4 Å². The number of carbonyl (C=O) groups is 2. The number of hydrogen-bond donors (Lipinski definition) is 4. The highest BCUT2D eigenvalue weighted by Crippen LogP contribution is 2.55. The third-order valence-electron chi connectivity index (χ3n) is 6.20. The van der Waals surface area contributed by atoms with Crippen molar-refractivity contribution >= 4 is 23.6 Å². The molecule has 2 rings (SSSR count). The topological polar surface area (TPSA) is 104 Å². The Bertz CT molecular complexity index is 504. The summed E-state index contributed by atoms with van der Waals surface area (Å²) in [6.45, 7) is 7.90. The standard InChI is InChI=1S/C19H35N3O3S/c1-4-5-6-7-12(2)19-13(3)8-9-21-16(19)10-15(26-19)17(23)22-11-14(20)18(24)25/h12-16,21H,4-11,20H2,1-3H3,(H,22,23)(H,24,25)/t12?,13?,14-,15?,16?,19?/m1/s1. The van der Waals surface area contributed by atoms with Gasteiger partial charge >= 0.3 is 5.97 Å². The number of thioether (sulfide) groups is 1. The van der Waals surface area contributed by atoms with Crippen LogP contribution in [0.3, 0.4) is 0 Å². The van der Waals surface area contributed by atoms with Crippen LogP contribution in [-0.2, 0) is 9.59 Å². The van der Waals surface area contributed by atoms with Crippen LogP contribution in [0, 0.1) is 11.8 Å². The molecule has 5 unspecified atom stereocenters. The fraction of sp³-hybridized carbons (Fsp3) is 0.895. The van der Waals surface area contributed by atoms with E-state index < -0.39 is 12.0 Å². The van der Waals surface area contributed by atoms with Crippen molar-refractivity contribution in [3.05, 3.63) is 0 Å². The molecule has 0 aromatic carbocycles. The summed E-state index contributed by atoms with van der Waals surface area (Å²) < 4.78 is 0.0862. The van der Waals surface area contributed by atoms with Crippen LogP contribution in [0.5, 0.6) is 0 Å². The van der Waals surface area contributed by atoms with Crippen molar-refractivity contribution in [2.24, 2.45) is 17.6 Å². The minimum absolute atomic E-state index is 0.0159. The predicted octanol–water partition coefficient (Wildman–Crippen LogP) is 1.97. The van der Waals surface area contributed by atoms with Crippen molar-refractivity contribution in [1.29, 1.82) is 0 Å². The van der Waals surface area contributed by atoms with Crippen molar-refractivity contribution < 1.29 is 14.7 Å². The zero-order chi connectivity index (χ0) is 19.3. The van der Waals surface area contributed by atoms with Gasteiger partial charge in [0.15, 0.2) is 0 Å². The second-order valence-electron chi connectivity index (χ2n) is 7.98. The van der Waals surface area contributed by atoms with E-state index in [2.05, 4.69) is 31.4 Å². The molecule has 2 heterocycles. The van der Waals surface area contributed by atoms with Crippen molar-refractivity contribution in [3.63, 3.8) is 0 Å². The molecule has 150 valence electrons. The van der Waals surface area contributed by atoms with Gasteiger partial charge in [0, 0.05) is 17.3 Å². The van der Waals surface area contributed by atoms with E-state index >= 15 is 0 Å². The van der Waals surface area contributed by atoms with E-state index in [1.165, 1.54) is 25.7 Å². The Morgan fingerprint density at radius 3 is 2.81 bits per heavy atom. The van der Waals surface area contributed by atoms with Gasteiger partial charge in [-0.15, -0.1) is 11.8 Å². The zero-order valence-corrected chi connectivity index (χ0v) is 17.1. The molecule has 0 aliphatic carbocycles. The summed E-state index contributed by atoms with van der Waals surface area (Å²) >= 11 is 1.82. The van der Waals surface area contributed by atoms with Gasteiger partial charge in [0.2, 0.25) is 5.91 Å². The average molecular weight is 386 g/mol. The molecule has 0 saturated carbocycles. The summed E-state index contributed by atoms with van der Waals surface area (Å²) in [5.74, 6) is -0.0510. The Kier molecular flexibility index (Phi) is 7.79. The second-order valence-corrected chi connectivity index (χ2v) is 9.49. The fourth-order valence-electron chi connectivity index (χ4n) is 4.62. The molecule has 2 aliphatic heterocycles. The summed E-state index contributed by atoms with van der Waals surface area (Å²) in [4.78, 5) is 23.5. The minimum atomic E-state index is -1.09. The van der Waals surface area contributed by atoms with E-state index in [9.17, 15) is 9.59 Å². The van der Waals surface area contributed by atoms with Crippen LogP contribution < -0.4 is 16.4 Å². The molecular weight excluding hydrogens is 350 g/mol. The molecule has 0 spiro atoms. The molecule has 0 aromatic rings. The number of amides is 1. The highest BCUT2D eigenvalue weighted by atomic mass is 32.2. The number of aliphatic carboxylic acids is 1. The normalized spacial score (nSPS) is 33.3. The Morgan fingerprint density at radius 2 is 2.15 bits per heavy atom. The van der Waals surface area contributed by atoms with E-state index in [1.807, 2.05) is 11.8 Å². The van der Waals surface area contributed by atoms with Gasteiger partial charge in [-0.3, -0.25) is 9.59 Å². The number of rotatable bonds is 9. The quantitative estimate of drug-likeness (QED) is 0.452. The van der Waals surface area contributed by atoms with E-state index in [0.717, 1.165) is 19.4 Å². The van der Waals surface area contributed by atoms with E-state index in [4.69, 9.17) is 10.8 Å². The summed E-state index contributed by atoms with van der Waals surface area (Å²) in [7, 11) is 0. The lowest BCUT2D eigenvalue weighted by Gasteiger charge is -2.48. The maximum absolute atomic E-state index is 12.6. The Balaban J connectivity index is 2.05. The lowest BCUT2D eigenvalue weighted by Crippen LogP contribution is -2.57. The Labute approximate surface area is 161 Å². The highest BCUT2D eigenvalue weighted by Gasteiger charge is 2.56. The number of fused-ring (bicyclic) bond motifs is 1. The number of hydrogen-bond acceptors (Lipinski definition) is 5. The molecule has 2 saturated heterocycles. The maximum Gasteiger partial charge on any atom is 0.322 e. The fourth-order valence-corrected chi connectivity index (χ4v) is 6.64. The van der Waals surface area contributed by atoms with Crippen LogP contribution >= 0.6 is 11.8 Å². The molecule has 2 aliphatic rings. The molecule has 6 atom stereocenters. The molecule has 0 radical (unpaired) electrons. The molecule has 26 heavy (non-hydrogen) atoms. The first-order valence-corrected chi connectivity index (χ1v) is 10.9. The third kappa shape index (κ3) is 4.54. The second kappa shape index (κ2) is 9.42. The third-order valence-corrected chi connectivity index (χ3v) is 8.38. The highest BCUT2D eigenvalue weighted by molar-refractivity contribution is 8.02. The molecule has 1 amide bonds. The summed E-state index contributed by atoms with van der Waals surface area (Å²) in [5, 5.41) is 15.2. The van der Waals surface area contributed by atoms with Crippen LogP contribution in [0.15, 0.2) is 0 Å². The number of unbranched alkanes of at least 4 members (excludes halogenated alkanes) is 2. The smallest absolute Gasteiger partial charge is 0.322 e. The van der Waals surface area contributed by atoms with Gasteiger partial charge in [-0.2, -0.15) is 0 Å². The SMILES string of the molecule is CCCCCC(C)C12SC(C(=O)NC[C@@H](N)C(=O)O)CC1NCCC2C.